The van der Waals surface area contributed by atoms with E-state index in [0.29, 0.717) is 12.5 Å². The molecule has 6 heteroatoms. The van der Waals surface area contributed by atoms with Gasteiger partial charge in [0.25, 0.3) is 0 Å². The van der Waals surface area contributed by atoms with Gasteiger partial charge in [0.2, 0.25) is 0 Å². The molecule has 2 N–H and O–H groups in total. The maximum absolute atomic E-state index is 11.8. The number of hydrogen-bond donors (Lipinski definition) is 2. The topological polar surface area (TPSA) is 41.5 Å². The first-order valence-corrected chi connectivity index (χ1v) is 6.38. The van der Waals surface area contributed by atoms with Crippen LogP contribution < -0.4 is 5.32 Å². The molecule has 0 saturated heterocycles. The zero-order valence-electron chi connectivity index (χ0n) is 10.7. The van der Waals surface area contributed by atoms with E-state index in [1.54, 1.807) is 0 Å². The van der Waals surface area contributed by atoms with E-state index in [9.17, 15) is 18.3 Å². The van der Waals surface area contributed by atoms with Gasteiger partial charge in [-0.05, 0) is 39.0 Å². The molecule has 1 saturated carbocycles. The lowest BCUT2D eigenvalue weighted by molar-refractivity contribution is -0.174. The minimum Gasteiger partial charge on any atom is -0.394 e. The van der Waals surface area contributed by atoms with Gasteiger partial charge in [0.05, 0.1) is 6.61 Å². The van der Waals surface area contributed by atoms with Gasteiger partial charge in [0, 0.05) is 18.2 Å². The van der Waals surface area contributed by atoms with Gasteiger partial charge >= 0.3 is 6.18 Å². The average molecular weight is 269 g/mol. The molecule has 1 atom stereocenters. The van der Waals surface area contributed by atoms with Crippen LogP contribution in [0.4, 0.5) is 13.2 Å². The monoisotopic (exact) mass is 269 g/mol. The number of rotatable bonds is 9. The molecule has 0 bridgehead atoms. The van der Waals surface area contributed by atoms with Crippen LogP contribution in [0.5, 0.6) is 0 Å². The van der Waals surface area contributed by atoms with Crippen molar-refractivity contribution in [2.75, 3.05) is 19.8 Å². The van der Waals surface area contributed by atoms with E-state index < -0.39 is 12.8 Å². The average Bonchev–Trinajstić information content (AvgIpc) is 3.05. The summed E-state index contributed by atoms with van der Waals surface area (Å²) in [6.45, 7) is 0.934. The molecule has 18 heavy (non-hydrogen) atoms. The molecule has 0 radical (unpaired) electrons. The first-order chi connectivity index (χ1) is 8.35. The molecule has 108 valence electrons. The van der Waals surface area contributed by atoms with Crippen LogP contribution in [0.25, 0.3) is 0 Å². The lowest BCUT2D eigenvalue weighted by atomic mass is 9.95. The largest absolute Gasteiger partial charge is 0.411 e. The van der Waals surface area contributed by atoms with Crippen molar-refractivity contribution < 1.29 is 23.0 Å². The van der Waals surface area contributed by atoms with Crippen LogP contribution in [0.15, 0.2) is 0 Å². The van der Waals surface area contributed by atoms with E-state index in [2.05, 4.69) is 10.1 Å². The Morgan fingerprint density at radius 3 is 2.44 bits per heavy atom. The standard InChI is InChI=1S/C12H22F3NO2/c1-11(8-17,16-10-4-5-10)6-2-3-7-18-9-12(13,14)15/h10,16-17H,2-9H2,1H3. The third-order valence-electron chi connectivity index (χ3n) is 3.01. The quantitative estimate of drug-likeness (QED) is 0.631. The van der Waals surface area contributed by atoms with Crippen LogP contribution in [0.1, 0.15) is 39.0 Å². The number of aliphatic hydroxyl groups is 1. The first-order valence-electron chi connectivity index (χ1n) is 6.38. The summed E-state index contributed by atoms with van der Waals surface area (Å²) in [5.74, 6) is 0. The fraction of sp³-hybridized carbons (Fsp3) is 1.00. The normalized spacial score (nSPS) is 19.8. The molecule has 1 unspecified atom stereocenters. The molecule has 0 aromatic rings. The Bertz CT molecular complexity index is 244. The minimum atomic E-state index is -4.24. The molecule has 1 rings (SSSR count). The van der Waals surface area contributed by atoms with Crippen molar-refractivity contribution in [3.63, 3.8) is 0 Å². The fourth-order valence-corrected chi connectivity index (χ4v) is 1.82. The number of hydrogen-bond acceptors (Lipinski definition) is 3. The van der Waals surface area contributed by atoms with Crippen molar-refractivity contribution in [1.29, 1.82) is 0 Å². The second kappa shape index (κ2) is 6.73. The molecule has 0 heterocycles. The molecule has 1 fully saturated rings. The zero-order chi connectivity index (χ0) is 13.6. The SMILES string of the molecule is CC(CO)(CCCCOCC(F)(F)F)NC1CC1. The van der Waals surface area contributed by atoms with E-state index >= 15 is 0 Å². The van der Waals surface area contributed by atoms with Crippen LogP contribution in [-0.4, -0.2) is 42.7 Å². The summed E-state index contributed by atoms with van der Waals surface area (Å²) in [6.07, 6.45) is 0.115. The fourth-order valence-electron chi connectivity index (χ4n) is 1.82. The number of ether oxygens (including phenoxy) is 1. The van der Waals surface area contributed by atoms with Crippen LogP contribution in [-0.2, 0) is 4.74 Å². The van der Waals surface area contributed by atoms with Gasteiger partial charge in [-0.3, -0.25) is 0 Å². The summed E-state index contributed by atoms with van der Waals surface area (Å²) in [6, 6.07) is 0.503. The summed E-state index contributed by atoms with van der Waals surface area (Å²) in [5, 5.41) is 12.7. The van der Waals surface area contributed by atoms with Crippen LogP contribution in [0.3, 0.4) is 0 Å². The molecule has 0 amide bonds. The van der Waals surface area contributed by atoms with E-state index in [4.69, 9.17) is 0 Å². The molecule has 1 aliphatic carbocycles. The van der Waals surface area contributed by atoms with Crippen molar-refractivity contribution in [1.82, 2.24) is 5.32 Å². The second-order valence-electron chi connectivity index (χ2n) is 5.26. The van der Waals surface area contributed by atoms with Crippen molar-refractivity contribution in [2.45, 2.75) is 56.8 Å². The van der Waals surface area contributed by atoms with Gasteiger partial charge in [0.1, 0.15) is 6.61 Å². The third kappa shape index (κ3) is 7.18. The molecule has 0 aromatic heterocycles. The molecule has 3 nitrogen and oxygen atoms in total. The number of alkyl halides is 3. The number of aliphatic hydroxyl groups excluding tert-OH is 1. The summed E-state index contributed by atoms with van der Waals surface area (Å²) >= 11 is 0. The van der Waals surface area contributed by atoms with E-state index in [0.717, 1.165) is 25.7 Å². The molecule has 0 aromatic carbocycles. The Morgan fingerprint density at radius 2 is 1.94 bits per heavy atom. The second-order valence-corrected chi connectivity index (χ2v) is 5.26. The number of nitrogens with one attached hydrogen (secondary N) is 1. The van der Waals surface area contributed by atoms with Crippen molar-refractivity contribution in [2.24, 2.45) is 0 Å². The predicted molar refractivity (Wildman–Crippen MR) is 62.4 cm³/mol. The maximum Gasteiger partial charge on any atom is 0.411 e. The highest BCUT2D eigenvalue weighted by molar-refractivity contribution is 4.92. The van der Waals surface area contributed by atoms with Gasteiger partial charge in [0.15, 0.2) is 0 Å². The summed E-state index contributed by atoms with van der Waals surface area (Å²) < 4.78 is 39.9. The Kier molecular flexibility index (Phi) is 5.88. The van der Waals surface area contributed by atoms with Crippen molar-refractivity contribution >= 4 is 0 Å². The third-order valence-corrected chi connectivity index (χ3v) is 3.01. The van der Waals surface area contributed by atoms with Gasteiger partial charge in [-0.1, -0.05) is 0 Å². The zero-order valence-corrected chi connectivity index (χ0v) is 10.7. The first kappa shape index (κ1) is 15.7. The van der Waals surface area contributed by atoms with E-state index in [1.807, 2.05) is 6.92 Å². The Hall–Kier alpha value is -0.330. The molecule has 1 aliphatic rings. The number of unbranched alkanes of at least 4 members (excludes halogenated alkanes) is 1. The highest BCUT2D eigenvalue weighted by Gasteiger charge is 2.31. The predicted octanol–water partition coefficient (Wildman–Crippen LogP) is 2.24. The van der Waals surface area contributed by atoms with Crippen LogP contribution in [0, 0.1) is 0 Å². The van der Waals surface area contributed by atoms with Gasteiger partial charge < -0.3 is 15.2 Å². The van der Waals surface area contributed by atoms with E-state index in [-0.39, 0.29) is 18.8 Å². The van der Waals surface area contributed by atoms with Gasteiger partial charge in [-0.2, -0.15) is 13.2 Å². The summed E-state index contributed by atoms with van der Waals surface area (Å²) in [5.41, 5.74) is -0.314. The van der Waals surface area contributed by atoms with Gasteiger partial charge in [-0.15, -0.1) is 0 Å². The lowest BCUT2D eigenvalue weighted by Gasteiger charge is -2.29. The smallest absolute Gasteiger partial charge is 0.394 e. The van der Waals surface area contributed by atoms with Crippen LogP contribution in [0.2, 0.25) is 0 Å². The number of halogens is 3. The molecular formula is C12H22F3NO2. The van der Waals surface area contributed by atoms with E-state index in [1.165, 1.54) is 0 Å². The molecule has 0 spiro atoms. The summed E-state index contributed by atoms with van der Waals surface area (Å²) in [7, 11) is 0. The molecular weight excluding hydrogens is 247 g/mol. The van der Waals surface area contributed by atoms with Crippen LogP contribution >= 0.6 is 0 Å². The van der Waals surface area contributed by atoms with Crippen molar-refractivity contribution in [3.05, 3.63) is 0 Å². The van der Waals surface area contributed by atoms with Crippen molar-refractivity contribution in [3.8, 4) is 0 Å². The summed E-state index contributed by atoms with van der Waals surface area (Å²) in [4.78, 5) is 0. The lowest BCUT2D eigenvalue weighted by Crippen LogP contribution is -2.46. The van der Waals surface area contributed by atoms with Gasteiger partial charge in [-0.25, -0.2) is 0 Å². The molecule has 0 aliphatic heterocycles. The highest BCUT2D eigenvalue weighted by Crippen LogP contribution is 2.25. The minimum absolute atomic E-state index is 0.0485. The maximum atomic E-state index is 11.8. The Balaban J connectivity index is 2.04. The highest BCUT2D eigenvalue weighted by atomic mass is 19.4. The Morgan fingerprint density at radius 1 is 1.28 bits per heavy atom. The Labute approximate surface area is 106 Å².